The molecule has 1 N–H and O–H groups in total. The van der Waals surface area contributed by atoms with Crippen LogP contribution in [0, 0.1) is 11.7 Å². The minimum absolute atomic E-state index is 0.131. The van der Waals surface area contributed by atoms with Crippen molar-refractivity contribution < 1.29 is 9.18 Å². The Hall–Kier alpha value is -1.79. The van der Waals surface area contributed by atoms with Gasteiger partial charge < -0.3 is 10.2 Å². The lowest BCUT2D eigenvalue weighted by Crippen LogP contribution is -2.43. The van der Waals surface area contributed by atoms with Crippen LogP contribution in [0.2, 0.25) is 0 Å². The number of likely N-dealkylation sites (tertiary alicyclic amines) is 1. The first-order chi connectivity index (χ1) is 11.7. The number of halogens is 1. The molecule has 1 fully saturated rings. The van der Waals surface area contributed by atoms with Crippen molar-refractivity contribution in [1.29, 1.82) is 0 Å². The monoisotopic (exact) mass is 347 g/mol. The molecule has 0 bridgehead atoms. The zero-order valence-corrected chi connectivity index (χ0v) is 14.6. The molecule has 1 unspecified atom stereocenters. The summed E-state index contributed by atoms with van der Waals surface area (Å²) >= 11 is 1.45. The van der Waals surface area contributed by atoms with Gasteiger partial charge >= 0.3 is 0 Å². The molecule has 0 saturated carbocycles. The first kappa shape index (κ1) is 17.0. The lowest BCUT2D eigenvalue weighted by molar-refractivity contribution is -0.132. The fourth-order valence-corrected chi connectivity index (χ4v) is 3.97. The van der Waals surface area contributed by atoms with Crippen molar-refractivity contribution in [3.8, 4) is 10.6 Å². The fraction of sp³-hybridized carbons (Fsp3) is 0.444. The molecule has 2 aromatic rings. The van der Waals surface area contributed by atoms with Gasteiger partial charge in [-0.3, -0.25) is 4.79 Å². The fourth-order valence-electron chi connectivity index (χ4n) is 3.16. The largest absolute Gasteiger partial charge is 0.342 e. The molecule has 1 saturated heterocycles. The second-order valence-electron chi connectivity index (χ2n) is 6.24. The standard InChI is InChI=1S/C18H22FN3OS/c1-20-10-13-4-3-7-22(11-13)17(23)9-16-12-24-18(21-16)14-5-2-6-15(19)8-14/h2,5-6,8,12-13,20H,3-4,7,9-11H2,1H3. The van der Waals surface area contributed by atoms with Gasteiger partial charge in [-0.2, -0.15) is 0 Å². The van der Waals surface area contributed by atoms with E-state index in [0.717, 1.165) is 42.3 Å². The predicted octanol–water partition coefficient (Wildman–Crippen LogP) is 2.95. The summed E-state index contributed by atoms with van der Waals surface area (Å²) in [5.74, 6) is 0.391. The highest BCUT2D eigenvalue weighted by Gasteiger charge is 2.23. The zero-order valence-electron chi connectivity index (χ0n) is 13.8. The Bertz CT molecular complexity index is 701. The third-order valence-corrected chi connectivity index (χ3v) is 5.26. The van der Waals surface area contributed by atoms with Crippen molar-refractivity contribution in [3.05, 3.63) is 41.2 Å². The Kier molecular flexibility index (Phi) is 5.58. The minimum atomic E-state index is -0.274. The summed E-state index contributed by atoms with van der Waals surface area (Å²) in [5, 5.41) is 5.84. The highest BCUT2D eigenvalue weighted by Crippen LogP contribution is 2.25. The molecular weight excluding hydrogens is 325 g/mol. The van der Waals surface area contributed by atoms with Crippen LogP contribution in [0.5, 0.6) is 0 Å². The van der Waals surface area contributed by atoms with Crippen LogP contribution in [0.25, 0.3) is 10.6 Å². The normalized spacial score (nSPS) is 17.9. The van der Waals surface area contributed by atoms with Gasteiger partial charge in [-0.05, 0) is 44.5 Å². The van der Waals surface area contributed by atoms with Gasteiger partial charge in [0.15, 0.2) is 0 Å². The molecule has 1 aromatic carbocycles. The van der Waals surface area contributed by atoms with Crippen LogP contribution in [0.15, 0.2) is 29.6 Å². The van der Waals surface area contributed by atoms with Crippen LogP contribution in [0.4, 0.5) is 4.39 Å². The van der Waals surface area contributed by atoms with Crippen LogP contribution in [0.1, 0.15) is 18.5 Å². The molecule has 0 aliphatic carbocycles. The summed E-state index contributed by atoms with van der Waals surface area (Å²) in [6, 6.07) is 6.39. The summed E-state index contributed by atoms with van der Waals surface area (Å²) in [6.07, 6.45) is 2.55. The highest BCUT2D eigenvalue weighted by molar-refractivity contribution is 7.13. The summed E-state index contributed by atoms with van der Waals surface area (Å²) in [5.41, 5.74) is 1.52. The number of piperidine rings is 1. The van der Waals surface area contributed by atoms with Crippen LogP contribution in [-0.2, 0) is 11.2 Å². The summed E-state index contributed by atoms with van der Waals surface area (Å²) < 4.78 is 13.3. The average molecular weight is 347 g/mol. The Balaban J connectivity index is 1.63. The van der Waals surface area contributed by atoms with E-state index < -0.39 is 0 Å². The molecule has 1 atom stereocenters. The summed E-state index contributed by atoms with van der Waals surface area (Å²) in [4.78, 5) is 19.0. The molecule has 0 spiro atoms. The molecule has 1 aliphatic rings. The van der Waals surface area contributed by atoms with E-state index >= 15 is 0 Å². The number of carbonyl (C=O) groups is 1. The number of nitrogens with one attached hydrogen (secondary N) is 1. The number of benzene rings is 1. The molecule has 1 aliphatic heterocycles. The van der Waals surface area contributed by atoms with Gasteiger partial charge in [-0.15, -0.1) is 11.3 Å². The lowest BCUT2D eigenvalue weighted by Gasteiger charge is -2.32. The maximum atomic E-state index is 13.3. The number of thiazole rings is 1. The number of hydrogen-bond acceptors (Lipinski definition) is 4. The molecule has 4 nitrogen and oxygen atoms in total. The molecule has 6 heteroatoms. The van der Waals surface area contributed by atoms with E-state index in [4.69, 9.17) is 0 Å². The maximum Gasteiger partial charge on any atom is 0.228 e. The van der Waals surface area contributed by atoms with Gasteiger partial charge in [0.2, 0.25) is 5.91 Å². The first-order valence-corrected chi connectivity index (χ1v) is 9.16. The Morgan fingerprint density at radius 2 is 2.38 bits per heavy atom. The molecule has 2 heterocycles. The Labute approximate surface area is 145 Å². The molecule has 128 valence electrons. The topological polar surface area (TPSA) is 45.2 Å². The van der Waals surface area contributed by atoms with Crippen LogP contribution < -0.4 is 5.32 Å². The Morgan fingerprint density at radius 3 is 3.17 bits per heavy atom. The van der Waals surface area contributed by atoms with Crippen molar-refractivity contribution in [2.45, 2.75) is 19.3 Å². The van der Waals surface area contributed by atoms with Crippen LogP contribution in [0.3, 0.4) is 0 Å². The van der Waals surface area contributed by atoms with Gasteiger partial charge in [0.05, 0.1) is 12.1 Å². The molecular formula is C18H22FN3OS. The third-order valence-electron chi connectivity index (χ3n) is 4.32. The van der Waals surface area contributed by atoms with E-state index in [2.05, 4.69) is 10.3 Å². The molecule has 3 rings (SSSR count). The molecule has 24 heavy (non-hydrogen) atoms. The van der Waals surface area contributed by atoms with E-state index in [1.807, 2.05) is 23.4 Å². The van der Waals surface area contributed by atoms with Crippen molar-refractivity contribution in [3.63, 3.8) is 0 Å². The number of aromatic nitrogens is 1. The van der Waals surface area contributed by atoms with Gasteiger partial charge in [-0.1, -0.05) is 12.1 Å². The van der Waals surface area contributed by atoms with Crippen LogP contribution in [-0.4, -0.2) is 42.5 Å². The van der Waals surface area contributed by atoms with E-state index in [-0.39, 0.29) is 11.7 Å². The van der Waals surface area contributed by atoms with Gasteiger partial charge in [-0.25, -0.2) is 9.37 Å². The van der Waals surface area contributed by atoms with Crippen molar-refractivity contribution in [2.75, 3.05) is 26.7 Å². The molecule has 1 aromatic heterocycles. The number of amides is 1. The second-order valence-corrected chi connectivity index (χ2v) is 7.09. The molecule has 1 amide bonds. The number of hydrogen-bond donors (Lipinski definition) is 1. The van der Waals surface area contributed by atoms with Gasteiger partial charge in [0.1, 0.15) is 10.8 Å². The Morgan fingerprint density at radius 1 is 1.50 bits per heavy atom. The van der Waals surface area contributed by atoms with Gasteiger partial charge in [0.25, 0.3) is 0 Å². The number of nitrogens with zero attached hydrogens (tertiary/aromatic N) is 2. The highest BCUT2D eigenvalue weighted by atomic mass is 32.1. The summed E-state index contributed by atoms with van der Waals surface area (Å²) in [6.45, 7) is 2.60. The number of rotatable bonds is 5. The van der Waals surface area contributed by atoms with E-state index in [1.165, 1.54) is 29.9 Å². The van der Waals surface area contributed by atoms with E-state index in [1.54, 1.807) is 6.07 Å². The minimum Gasteiger partial charge on any atom is -0.342 e. The van der Waals surface area contributed by atoms with Crippen molar-refractivity contribution in [2.24, 2.45) is 5.92 Å². The van der Waals surface area contributed by atoms with Gasteiger partial charge in [0, 0.05) is 24.0 Å². The van der Waals surface area contributed by atoms with E-state index in [0.29, 0.717) is 12.3 Å². The third kappa shape index (κ3) is 4.19. The zero-order chi connectivity index (χ0) is 16.9. The smallest absolute Gasteiger partial charge is 0.228 e. The first-order valence-electron chi connectivity index (χ1n) is 8.28. The van der Waals surface area contributed by atoms with Crippen LogP contribution >= 0.6 is 11.3 Å². The van der Waals surface area contributed by atoms with Crippen molar-refractivity contribution >= 4 is 17.2 Å². The predicted molar refractivity (Wildman–Crippen MR) is 94.4 cm³/mol. The van der Waals surface area contributed by atoms with Crippen molar-refractivity contribution in [1.82, 2.24) is 15.2 Å². The van der Waals surface area contributed by atoms with E-state index in [9.17, 15) is 9.18 Å². The number of carbonyl (C=O) groups excluding carboxylic acids is 1. The lowest BCUT2D eigenvalue weighted by atomic mass is 9.97. The second kappa shape index (κ2) is 7.85. The summed E-state index contributed by atoms with van der Waals surface area (Å²) in [7, 11) is 1.95. The quantitative estimate of drug-likeness (QED) is 0.904. The molecule has 0 radical (unpaired) electrons. The average Bonchev–Trinajstić information content (AvgIpc) is 3.04. The maximum absolute atomic E-state index is 13.3. The SMILES string of the molecule is CNCC1CCCN(C(=O)Cc2csc(-c3cccc(F)c3)n2)C1.